The van der Waals surface area contributed by atoms with Crippen LogP contribution in [0.5, 0.6) is 5.75 Å². The van der Waals surface area contributed by atoms with Crippen molar-refractivity contribution in [3.63, 3.8) is 0 Å². The van der Waals surface area contributed by atoms with Crippen molar-refractivity contribution in [2.75, 3.05) is 6.61 Å². The summed E-state index contributed by atoms with van der Waals surface area (Å²) in [4.78, 5) is 29.5. The molecular formula is C29H30BrN5O3. The Kier molecular flexibility index (Phi) is 7.46. The molecule has 1 amide bonds. The average molecular weight is 576 g/mol. The average Bonchev–Trinajstić information content (AvgIpc) is 3.20. The molecule has 0 spiro atoms. The lowest BCUT2D eigenvalue weighted by atomic mass is 9.88. The van der Waals surface area contributed by atoms with E-state index >= 15 is 0 Å². The summed E-state index contributed by atoms with van der Waals surface area (Å²) < 4.78 is 9.82. The molecule has 2 aromatic carbocycles. The fraction of sp³-hybridized carbons (Fsp3) is 0.310. The number of rotatable bonds is 7. The molecule has 1 aliphatic carbocycles. The number of benzene rings is 2. The van der Waals surface area contributed by atoms with E-state index in [9.17, 15) is 9.59 Å². The number of nitrogens with zero attached hydrogens (tertiary/aromatic N) is 4. The summed E-state index contributed by atoms with van der Waals surface area (Å²) in [7, 11) is 0. The molecule has 1 saturated carbocycles. The molecule has 1 aliphatic rings. The van der Waals surface area contributed by atoms with E-state index in [2.05, 4.69) is 20.5 Å². The SMILES string of the molecule is Cc1cc(C=Nn2c(C3CCCCC3)nc3ccc(Br)cc3c2=O)c(C)n1-c1ccc(OCC(N)=O)cc1. The van der Waals surface area contributed by atoms with E-state index in [4.69, 9.17) is 20.6 Å². The number of aromatic nitrogens is 3. The highest BCUT2D eigenvalue weighted by Crippen LogP contribution is 2.32. The molecule has 5 rings (SSSR count). The van der Waals surface area contributed by atoms with Crippen molar-refractivity contribution in [3.8, 4) is 11.4 Å². The maximum Gasteiger partial charge on any atom is 0.282 e. The molecule has 0 aliphatic heterocycles. The quantitative estimate of drug-likeness (QED) is 0.299. The molecule has 196 valence electrons. The van der Waals surface area contributed by atoms with Crippen molar-refractivity contribution in [1.82, 2.24) is 14.2 Å². The molecule has 4 aromatic rings. The Balaban J connectivity index is 1.52. The van der Waals surface area contributed by atoms with E-state index in [1.54, 1.807) is 18.3 Å². The lowest BCUT2D eigenvalue weighted by Gasteiger charge is -2.22. The number of primary amides is 1. The normalized spacial score (nSPS) is 14.4. The van der Waals surface area contributed by atoms with Gasteiger partial charge in [-0.05, 0) is 75.2 Å². The first-order valence-corrected chi connectivity index (χ1v) is 13.6. The Hall–Kier alpha value is -3.72. The number of amides is 1. The van der Waals surface area contributed by atoms with E-state index in [0.29, 0.717) is 16.7 Å². The van der Waals surface area contributed by atoms with Crippen LogP contribution in [0.25, 0.3) is 16.6 Å². The van der Waals surface area contributed by atoms with E-state index in [-0.39, 0.29) is 18.1 Å². The van der Waals surface area contributed by atoms with Gasteiger partial charge in [0, 0.05) is 33.0 Å². The van der Waals surface area contributed by atoms with Crippen LogP contribution in [0.1, 0.15) is 60.8 Å². The Morgan fingerprint density at radius 1 is 1.13 bits per heavy atom. The molecule has 0 radical (unpaired) electrons. The molecule has 2 heterocycles. The lowest BCUT2D eigenvalue weighted by Crippen LogP contribution is -2.25. The Morgan fingerprint density at radius 2 is 1.87 bits per heavy atom. The zero-order valence-corrected chi connectivity index (χ0v) is 23.1. The summed E-state index contributed by atoms with van der Waals surface area (Å²) >= 11 is 3.48. The van der Waals surface area contributed by atoms with Crippen LogP contribution in [0.15, 0.2) is 62.9 Å². The monoisotopic (exact) mass is 575 g/mol. The summed E-state index contributed by atoms with van der Waals surface area (Å²) in [5.41, 5.74) is 9.57. The van der Waals surface area contributed by atoms with Crippen molar-refractivity contribution >= 4 is 39.0 Å². The zero-order valence-electron chi connectivity index (χ0n) is 21.5. The van der Waals surface area contributed by atoms with E-state index < -0.39 is 5.91 Å². The standard InChI is InChI=1S/C29H30BrN5O3/c1-18-14-21(19(2)34(18)23-9-11-24(12-10-23)38-17-27(31)36)16-32-35-28(20-6-4-3-5-7-20)33-26-13-8-22(30)15-25(26)29(35)37/h8-16,20H,3-7,17H2,1-2H3,(H2,31,36). The number of halogens is 1. The topological polar surface area (TPSA) is 104 Å². The van der Waals surface area contributed by atoms with Gasteiger partial charge in [0.25, 0.3) is 11.5 Å². The molecule has 1 fully saturated rings. The van der Waals surface area contributed by atoms with Gasteiger partial charge in [-0.2, -0.15) is 9.78 Å². The van der Waals surface area contributed by atoms with Crippen molar-refractivity contribution in [3.05, 3.63) is 86.1 Å². The fourth-order valence-corrected chi connectivity index (χ4v) is 5.55. The molecule has 38 heavy (non-hydrogen) atoms. The van der Waals surface area contributed by atoms with Gasteiger partial charge in [0.05, 0.1) is 17.1 Å². The molecule has 2 aromatic heterocycles. The number of carbonyl (C=O) groups excluding carboxylic acids is 1. The highest BCUT2D eigenvalue weighted by Gasteiger charge is 2.22. The van der Waals surface area contributed by atoms with Crippen LogP contribution in [0.2, 0.25) is 0 Å². The molecule has 9 heteroatoms. The largest absolute Gasteiger partial charge is 0.484 e. The highest BCUT2D eigenvalue weighted by molar-refractivity contribution is 9.10. The first-order valence-electron chi connectivity index (χ1n) is 12.8. The third-order valence-corrected chi connectivity index (χ3v) is 7.56. The van der Waals surface area contributed by atoms with Gasteiger partial charge in [-0.15, -0.1) is 0 Å². The molecule has 2 N–H and O–H groups in total. The fourth-order valence-electron chi connectivity index (χ4n) is 5.18. The number of hydrogen-bond acceptors (Lipinski definition) is 5. The van der Waals surface area contributed by atoms with Crippen molar-refractivity contribution in [2.45, 2.75) is 51.9 Å². The number of nitrogens with two attached hydrogens (primary N) is 1. The maximum absolute atomic E-state index is 13.6. The third kappa shape index (κ3) is 5.29. The summed E-state index contributed by atoms with van der Waals surface area (Å²) in [6.45, 7) is 3.88. The minimum atomic E-state index is -0.518. The third-order valence-electron chi connectivity index (χ3n) is 7.06. The van der Waals surface area contributed by atoms with Gasteiger partial charge in [0.15, 0.2) is 6.61 Å². The first-order chi connectivity index (χ1) is 18.3. The Labute approximate surface area is 229 Å². The summed E-state index contributed by atoms with van der Waals surface area (Å²) in [5, 5.41) is 5.26. The van der Waals surface area contributed by atoms with Crippen molar-refractivity contribution < 1.29 is 9.53 Å². The molecule has 0 atom stereocenters. The molecule has 0 saturated heterocycles. The summed E-state index contributed by atoms with van der Waals surface area (Å²) in [6.07, 6.45) is 7.26. The Bertz CT molecular complexity index is 1580. The highest BCUT2D eigenvalue weighted by atomic mass is 79.9. The minimum Gasteiger partial charge on any atom is -0.484 e. The number of carbonyl (C=O) groups is 1. The summed E-state index contributed by atoms with van der Waals surface area (Å²) in [6, 6.07) is 15.1. The van der Waals surface area contributed by atoms with Gasteiger partial charge >= 0.3 is 0 Å². The van der Waals surface area contributed by atoms with E-state index in [1.165, 1.54) is 11.1 Å². The van der Waals surface area contributed by atoms with Crippen LogP contribution >= 0.6 is 15.9 Å². The minimum absolute atomic E-state index is 0.159. The van der Waals surface area contributed by atoms with Gasteiger partial charge in [-0.25, -0.2) is 4.98 Å². The van der Waals surface area contributed by atoms with Crippen LogP contribution in [-0.2, 0) is 4.79 Å². The van der Waals surface area contributed by atoms with Crippen LogP contribution in [-0.4, -0.2) is 33.0 Å². The van der Waals surface area contributed by atoms with E-state index in [1.807, 2.05) is 50.2 Å². The number of fused-ring (bicyclic) bond motifs is 1. The number of ether oxygens (including phenoxy) is 1. The molecule has 0 unspecified atom stereocenters. The molecular weight excluding hydrogens is 546 g/mol. The molecule has 8 nitrogen and oxygen atoms in total. The van der Waals surface area contributed by atoms with Gasteiger partial charge in [0.2, 0.25) is 0 Å². The van der Waals surface area contributed by atoms with Gasteiger partial charge in [0.1, 0.15) is 11.6 Å². The number of hydrogen-bond donors (Lipinski definition) is 1. The predicted molar refractivity (Wildman–Crippen MR) is 152 cm³/mol. The van der Waals surface area contributed by atoms with Crippen LogP contribution in [0.3, 0.4) is 0 Å². The predicted octanol–water partition coefficient (Wildman–Crippen LogP) is 5.36. The summed E-state index contributed by atoms with van der Waals surface area (Å²) in [5.74, 6) is 1.00. The van der Waals surface area contributed by atoms with Crippen molar-refractivity contribution in [2.24, 2.45) is 10.8 Å². The second-order valence-electron chi connectivity index (χ2n) is 9.74. The number of aryl methyl sites for hydroxylation is 1. The zero-order chi connectivity index (χ0) is 26.8. The second-order valence-corrected chi connectivity index (χ2v) is 10.7. The van der Waals surface area contributed by atoms with Gasteiger partial charge in [-0.3, -0.25) is 9.59 Å². The first kappa shape index (κ1) is 25.9. The van der Waals surface area contributed by atoms with Crippen LogP contribution in [0, 0.1) is 13.8 Å². The molecule has 0 bridgehead atoms. The van der Waals surface area contributed by atoms with Crippen molar-refractivity contribution in [1.29, 1.82) is 0 Å². The van der Waals surface area contributed by atoms with Gasteiger partial charge < -0.3 is 15.0 Å². The Morgan fingerprint density at radius 3 is 2.58 bits per heavy atom. The van der Waals surface area contributed by atoms with E-state index in [0.717, 1.165) is 58.6 Å². The smallest absolute Gasteiger partial charge is 0.282 e. The lowest BCUT2D eigenvalue weighted by molar-refractivity contribution is -0.119. The van der Waals surface area contributed by atoms with Crippen LogP contribution in [0.4, 0.5) is 0 Å². The second kappa shape index (κ2) is 10.9. The van der Waals surface area contributed by atoms with Crippen LogP contribution < -0.4 is 16.0 Å². The van der Waals surface area contributed by atoms with Gasteiger partial charge in [-0.1, -0.05) is 35.2 Å². The maximum atomic E-state index is 13.6.